The van der Waals surface area contributed by atoms with Gasteiger partial charge in [-0.15, -0.1) is 0 Å². The van der Waals surface area contributed by atoms with Gasteiger partial charge in [-0.3, -0.25) is 0 Å². The molecule has 1 atom stereocenters. The van der Waals surface area contributed by atoms with E-state index in [1.807, 2.05) is 12.3 Å². The van der Waals surface area contributed by atoms with Crippen molar-refractivity contribution in [3.05, 3.63) is 23.9 Å². The van der Waals surface area contributed by atoms with Crippen LogP contribution in [0.5, 0.6) is 0 Å². The maximum absolute atomic E-state index is 6.12. The van der Waals surface area contributed by atoms with Crippen LogP contribution in [0.1, 0.15) is 45.1 Å². The maximum Gasteiger partial charge on any atom is 0.131 e. The van der Waals surface area contributed by atoms with Gasteiger partial charge in [0.2, 0.25) is 0 Å². The lowest BCUT2D eigenvalue weighted by atomic mass is 10.0. The summed E-state index contributed by atoms with van der Waals surface area (Å²) in [5.74, 6) is 2.06. The van der Waals surface area contributed by atoms with E-state index in [2.05, 4.69) is 29.8 Å². The van der Waals surface area contributed by atoms with Gasteiger partial charge in [0.1, 0.15) is 5.82 Å². The highest BCUT2D eigenvalue weighted by atomic mass is 15.2. The van der Waals surface area contributed by atoms with E-state index < -0.39 is 0 Å². The predicted octanol–water partition coefficient (Wildman–Crippen LogP) is 2.99. The van der Waals surface area contributed by atoms with Crippen LogP contribution in [0, 0.1) is 5.92 Å². The number of anilines is 1. The molecule has 1 unspecified atom stereocenters. The number of hydrogen-bond acceptors (Lipinski definition) is 3. The first-order chi connectivity index (χ1) is 9.24. The number of nitrogens with two attached hydrogens (primary N) is 1. The van der Waals surface area contributed by atoms with Crippen molar-refractivity contribution in [2.24, 2.45) is 11.7 Å². The summed E-state index contributed by atoms with van der Waals surface area (Å²) in [6, 6.07) is 4.46. The van der Waals surface area contributed by atoms with E-state index in [4.69, 9.17) is 5.73 Å². The minimum atomic E-state index is 0.243. The molecule has 1 fully saturated rings. The van der Waals surface area contributed by atoms with Gasteiger partial charge in [-0.05, 0) is 49.7 Å². The van der Waals surface area contributed by atoms with Crippen LogP contribution < -0.4 is 10.6 Å². The molecule has 106 valence electrons. The molecule has 1 saturated carbocycles. The molecule has 1 aliphatic rings. The van der Waals surface area contributed by atoms with Crippen molar-refractivity contribution in [3.63, 3.8) is 0 Å². The summed E-state index contributed by atoms with van der Waals surface area (Å²) in [5.41, 5.74) is 7.43. The first-order valence-electron chi connectivity index (χ1n) is 7.69. The summed E-state index contributed by atoms with van der Waals surface area (Å²) in [6.07, 6.45) is 7.80. The zero-order chi connectivity index (χ0) is 13.7. The van der Waals surface area contributed by atoms with E-state index in [0.29, 0.717) is 0 Å². The lowest BCUT2D eigenvalue weighted by molar-refractivity contribution is 0.637. The fourth-order valence-electron chi connectivity index (χ4n) is 2.47. The van der Waals surface area contributed by atoms with Gasteiger partial charge in [0.15, 0.2) is 0 Å². The van der Waals surface area contributed by atoms with Gasteiger partial charge in [-0.2, -0.15) is 0 Å². The fraction of sp³-hybridized carbons (Fsp3) is 0.688. The van der Waals surface area contributed by atoms with E-state index in [-0.39, 0.29) is 6.04 Å². The molecular formula is C16H27N3. The van der Waals surface area contributed by atoms with Gasteiger partial charge >= 0.3 is 0 Å². The van der Waals surface area contributed by atoms with Crippen LogP contribution in [0.3, 0.4) is 0 Å². The Hall–Kier alpha value is -1.09. The molecule has 2 N–H and O–H groups in total. The minimum Gasteiger partial charge on any atom is -0.356 e. The van der Waals surface area contributed by atoms with E-state index in [9.17, 15) is 0 Å². The number of rotatable bonds is 8. The first-order valence-corrected chi connectivity index (χ1v) is 7.69. The second-order valence-electron chi connectivity index (χ2n) is 5.75. The largest absolute Gasteiger partial charge is 0.356 e. The average molecular weight is 261 g/mol. The lowest BCUT2D eigenvalue weighted by Gasteiger charge is -2.26. The third-order valence-electron chi connectivity index (χ3n) is 3.84. The molecule has 2 rings (SSSR count). The van der Waals surface area contributed by atoms with Gasteiger partial charge in [0.25, 0.3) is 0 Å². The van der Waals surface area contributed by atoms with E-state index in [1.165, 1.54) is 37.2 Å². The van der Waals surface area contributed by atoms with Crippen LogP contribution in [-0.4, -0.2) is 24.1 Å². The van der Waals surface area contributed by atoms with Crippen LogP contribution >= 0.6 is 0 Å². The van der Waals surface area contributed by atoms with E-state index in [1.54, 1.807) is 0 Å². The zero-order valence-electron chi connectivity index (χ0n) is 12.3. The summed E-state index contributed by atoms with van der Waals surface area (Å²) in [7, 11) is 0. The van der Waals surface area contributed by atoms with E-state index >= 15 is 0 Å². The van der Waals surface area contributed by atoms with Crippen molar-refractivity contribution < 1.29 is 0 Å². The van der Waals surface area contributed by atoms with Crippen LogP contribution in [0.4, 0.5) is 5.82 Å². The van der Waals surface area contributed by atoms with Crippen LogP contribution in [0.25, 0.3) is 0 Å². The Morgan fingerprint density at radius 3 is 2.84 bits per heavy atom. The third-order valence-corrected chi connectivity index (χ3v) is 3.84. The number of hydrogen-bond donors (Lipinski definition) is 1. The Morgan fingerprint density at radius 2 is 2.21 bits per heavy atom. The van der Waals surface area contributed by atoms with Crippen LogP contribution in [0.15, 0.2) is 18.3 Å². The topological polar surface area (TPSA) is 42.2 Å². The molecule has 1 heterocycles. The van der Waals surface area contributed by atoms with E-state index in [0.717, 1.165) is 25.3 Å². The molecule has 1 aliphatic carbocycles. The van der Waals surface area contributed by atoms with Gasteiger partial charge in [0.05, 0.1) is 0 Å². The van der Waals surface area contributed by atoms with Crippen molar-refractivity contribution in [2.45, 2.75) is 52.0 Å². The summed E-state index contributed by atoms with van der Waals surface area (Å²) >= 11 is 0. The molecule has 1 aromatic heterocycles. The molecule has 0 bridgehead atoms. The Balaban J connectivity index is 2.14. The summed E-state index contributed by atoms with van der Waals surface area (Å²) in [4.78, 5) is 7.10. The molecule has 0 saturated heterocycles. The molecule has 0 aromatic carbocycles. The minimum absolute atomic E-state index is 0.243. The maximum atomic E-state index is 6.12. The lowest BCUT2D eigenvalue weighted by Crippen LogP contribution is -2.30. The van der Waals surface area contributed by atoms with Crippen molar-refractivity contribution >= 4 is 5.82 Å². The zero-order valence-corrected chi connectivity index (χ0v) is 12.3. The Morgan fingerprint density at radius 1 is 1.42 bits per heavy atom. The highest BCUT2D eigenvalue weighted by molar-refractivity contribution is 5.47. The summed E-state index contributed by atoms with van der Waals surface area (Å²) < 4.78 is 0. The molecule has 3 nitrogen and oxygen atoms in total. The number of aromatic nitrogens is 1. The smallest absolute Gasteiger partial charge is 0.131 e. The third kappa shape index (κ3) is 4.20. The van der Waals surface area contributed by atoms with Crippen LogP contribution in [-0.2, 0) is 6.42 Å². The Kier molecular flexibility index (Phi) is 5.20. The van der Waals surface area contributed by atoms with Crippen molar-refractivity contribution in [3.8, 4) is 0 Å². The van der Waals surface area contributed by atoms with Gasteiger partial charge in [0, 0.05) is 25.3 Å². The molecule has 0 aliphatic heterocycles. The first kappa shape index (κ1) is 14.3. The standard InChI is InChI=1S/C16H27N3/c1-3-10-19(12-13-7-8-13)16-14(6-5-9-18-16)11-15(17)4-2/h5-6,9,13,15H,3-4,7-8,10-12,17H2,1-2H3. The number of nitrogens with zero attached hydrogens (tertiary/aromatic N) is 2. The SMILES string of the molecule is CCCN(CC1CC1)c1ncccc1CC(N)CC. The van der Waals surface area contributed by atoms with Gasteiger partial charge in [-0.1, -0.05) is 19.9 Å². The number of pyridine rings is 1. The van der Waals surface area contributed by atoms with Crippen LogP contribution in [0.2, 0.25) is 0 Å². The molecule has 3 heteroatoms. The molecular weight excluding hydrogens is 234 g/mol. The fourth-order valence-corrected chi connectivity index (χ4v) is 2.47. The highest BCUT2D eigenvalue weighted by Crippen LogP contribution is 2.32. The predicted molar refractivity (Wildman–Crippen MR) is 81.4 cm³/mol. The molecule has 0 radical (unpaired) electrons. The Bertz CT molecular complexity index is 387. The van der Waals surface area contributed by atoms with Crippen molar-refractivity contribution in [1.29, 1.82) is 0 Å². The van der Waals surface area contributed by atoms with Gasteiger partial charge < -0.3 is 10.6 Å². The molecule has 1 aromatic rings. The summed E-state index contributed by atoms with van der Waals surface area (Å²) in [5, 5.41) is 0. The average Bonchev–Trinajstić information content (AvgIpc) is 3.23. The second-order valence-corrected chi connectivity index (χ2v) is 5.75. The highest BCUT2D eigenvalue weighted by Gasteiger charge is 2.25. The molecule has 0 amide bonds. The molecule has 0 spiro atoms. The monoisotopic (exact) mass is 261 g/mol. The summed E-state index contributed by atoms with van der Waals surface area (Å²) in [6.45, 7) is 6.65. The van der Waals surface area contributed by atoms with Crippen molar-refractivity contribution in [2.75, 3.05) is 18.0 Å². The Labute approximate surface area is 117 Å². The molecule has 19 heavy (non-hydrogen) atoms. The van der Waals surface area contributed by atoms with Gasteiger partial charge in [-0.25, -0.2) is 4.98 Å². The quantitative estimate of drug-likeness (QED) is 0.782. The second kappa shape index (κ2) is 6.90. The van der Waals surface area contributed by atoms with Crippen molar-refractivity contribution in [1.82, 2.24) is 4.98 Å². The normalized spacial score (nSPS) is 16.4.